The van der Waals surface area contributed by atoms with Crippen molar-refractivity contribution in [1.82, 2.24) is 0 Å². The maximum absolute atomic E-state index is 10.3. The minimum absolute atomic E-state index is 0.476. The highest BCUT2D eigenvalue weighted by molar-refractivity contribution is 7.10. The van der Waals surface area contributed by atoms with Crippen LogP contribution in [0.5, 0.6) is 11.5 Å². The quantitative estimate of drug-likeness (QED) is 0.934. The summed E-state index contributed by atoms with van der Waals surface area (Å²) in [4.78, 5) is 0.763. The van der Waals surface area contributed by atoms with Crippen molar-refractivity contribution in [3.05, 3.63) is 45.1 Å². The predicted octanol–water partition coefficient (Wildman–Crippen LogP) is 3.50. The van der Waals surface area contributed by atoms with Crippen LogP contribution >= 0.6 is 22.9 Å². The topological polar surface area (TPSA) is 38.7 Å². The number of aliphatic hydroxyl groups is 1. The molecule has 2 aromatic rings. The molecule has 1 heterocycles. The van der Waals surface area contributed by atoms with Gasteiger partial charge in [0.15, 0.2) is 0 Å². The standard InChI is InChI=1S/C13H13ClO3S/c1-16-10-4-3-8(7-9(10)14)12(15)13-11(17-2)5-6-18-13/h3-7,12,15H,1-2H3. The molecule has 18 heavy (non-hydrogen) atoms. The fourth-order valence-corrected chi connectivity index (χ4v) is 2.82. The van der Waals surface area contributed by atoms with Gasteiger partial charge < -0.3 is 14.6 Å². The normalized spacial score (nSPS) is 12.2. The molecule has 1 unspecified atom stereocenters. The summed E-state index contributed by atoms with van der Waals surface area (Å²) in [6, 6.07) is 7.05. The highest BCUT2D eigenvalue weighted by Crippen LogP contribution is 2.36. The van der Waals surface area contributed by atoms with Crippen molar-refractivity contribution < 1.29 is 14.6 Å². The zero-order valence-corrected chi connectivity index (χ0v) is 11.6. The van der Waals surface area contributed by atoms with Gasteiger partial charge in [-0.3, -0.25) is 0 Å². The number of methoxy groups -OCH3 is 2. The summed E-state index contributed by atoms with van der Waals surface area (Å²) in [6.07, 6.45) is -0.747. The first-order valence-electron chi connectivity index (χ1n) is 5.30. The van der Waals surface area contributed by atoms with Gasteiger partial charge in [-0.25, -0.2) is 0 Å². The van der Waals surface area contributed by atoms with Crippen molar-refractivity contribution in [3.8, 4) is 11.5 Å². The van der Waals surface area contributed by atoms with Crippen LogP contribution in [-0.2, 0) is 0 Å². The fourth-order valence-electron chi connectivity index (χ4n) is 1.68. The minimum atomic E-state index is -0.747. The van der Waals surface area contributed by atoms with Crippen molar-refractivity contribution >= 4 is 22.9 Å². The third kappa shape index (κ3) is 2.46. The molecule has 3 nitrogen and oxygen atoms in total. The van der Waals surface area contributed by atoms with Crippen molar-refractivity contribution in [2.24, 2.45) is 0 Å². The van der Waals surface area contributed by atoms with Crippen LogP contribution < -0.4 is 9.47 Å². The SMILES string of the molecule is COc1ccc(C(O)c2sccc2OC)cc1Cl. The second kappa shape index (κ2) is 5.61. The highest BCUT2D eigenvalue weighted by Gasteiger charge is 2.18. The van der Waals surface area contributed by atoms with Crippen LogP contribution in [0, 0.1) is 0 Å². The number of benzene rings is 1. The number of hydrogen-bond acceptors (Lipinski definition) is 4. The molecule has 96 valence electrons. The number of aliphatic hydroxyl groups excluding tert-OH is 1. The second-order valence-electron chi connectivity index (χ2n) is 3.65. The Morgan fingerprint density at radius 2 is 1.89 bits per heavy atom. The van der Waals surface area contributed by atoms with E-state index in [4.69, 9.17) is 21.1 Å². The zero-order valence-electron chi connectivity index (χ0n) is 10.0. The number of halogens is 1. The van der Waals surface area contributed by atoms with E-state index in [-0.39, 0.29) is 0 Å². The monoisotopic (exact) mass is 284 g/mol. The van der Waals surface area contributed by atoms with Crippen LogP contribution in [-0.4, -0.2) is 19.3 Å². The van der Waals surface area contributed by atoms with Crippen molar-refractivity contribution in [3.63, 3.8) is 0 Å². The summed E-state index contributed by atoms with van der Waals surface area (Å²) in [5.74, 6) is 1.27. The van der Waals surface area contributed by atoms with Gasteiger partial charge in [-0.1, -0.05) is 17.7 Å². The van der Waals surface area contributed by atoms with Gasteiger partial charge in [0.2, 0.25) is 0 Å². The van der Waals surface area contributed by atoms with Crippen LogP contribution in [0.1, 0.15) is 16.5 Å². The van der Waals surface area contributed by atoms with Crippen molar-refractivity contribution in [1.29, 1.82) is 0 Å². The Morgan fingerprint density at radius 1 is 1.17 bits per heavy atom. The first kappa shape index (κ1) is 13.2. The molecule has 0 amide bonds. The third-order valence-corrected chi connectivity index (χ3v) is 3.86. The molecule has 0 aliphatic heterocycles. The summed E-state index contributed by atoms with van der Waals surface area (Å²) < 4.78 is 10.3. The fraction of sp³-hybridized carbons (Fsp3) is 0.231. The Balaban J connectivity index is 2.34. The van der Waals surface area contributed by atoms with Gasteiger partial charge in [-0.05, 0) is 29.1 Å². The van der Waals surface area contributed by atoms with Gasteiger partial charge in [-0.15, -0.1) is 11.3 Å². The summed E-state index contributed by atoms with van der Waals surface area (Å²) in [5, 5.41) is 12.7. The molecule has 0 saturated heterocycles. The van der Waals surface area contributed by atoms with E-state index in [1.807, 2.05) is 11.4 Å². The molecule has 0 spiro atoms. The molecule has 1 N–H and O–H groups in total. The maximum atomic E-state index is 10.3. The predicted molar refractivity (Wildman–Crippen MR) is 72.9 cm³/mol. The zero-order chi connectivity index (χ0) is 13.1. The summed E-state index contributed by atoms with van der Waals surface area (Å²) in [6.45, 7) is 0. The Hall–Kier alpha value is -1.23. The molecule has 5 heteroatoms. The lowest BCUT2D eigenvalue weighted by Gasteiger charge is -2.12. The lowest BCUT2D eigenvalue weighted by molar-refractivity contribution is 0.219. The Labute approximate surface area is 115 Å². The number of ether oxygens (including phenoxy) is 2. The highest BCUT2D eigenvalue weighted by atomic mass is 35.5. The van der Waals surface area contributed by atoms with Crippen LogP contribution in [0.4, 0.5) is 0 Å². The van der Waals surface area contributed by atoms with E-state index in [2.05, 4.69) is 0 Å². The van der Waals surface area contributed by atoms with Crippen LogP contribution in [0.3, 0.4) is 0 Å². The van der Waals surface area contributed by atoms with E-state index in [9.17, 15) is 5.11 Å². The van der Waals surface area contributed by atoms with E-state index in [0.29, 0.717) is 22.1 Å². The molecule has 0 radical (unpaired) electrons. The largest absolute Gasteiger partial charge is 0.495 e. The van der Waals surface area contributed by atoms with E-state index in [1.165, 1.54) is 11.3 Å². The Kier molecular flexibility index (Phi) is 4.11. The van der Waals surface area contributed by atoms with Gasteiger partial charge >= 0.3 is 0 Å². The molecule has 1 atom stereocenters. The first-order chi connectivity index (χ1) is 8.67. The lowest BCUT2D eigenvalue weighted by Crippen LogP contribution is -1.99. The molecular weight excluding hydrogens is 272 g/mol. The van der Waals surface area contributed by atoms with Crippen LogP contribution in [0.15, 0.2) is 29.6 Å². The molecule has 0 saturated carbocycles. The first-order valence-corrected chi connectivity index (χ1v) is 6.56. The number of rotatable bonds is 4. The molecular formula is C13H13ClO3S. The van der Waals surface area contributed by atoms with E-state index >= 15 is 0 Å². The molecule has 1 aromatic heterocycles. The van der Waals surface area contributed by atoms with Gasteiger partial charge in [0.1, 0.15) is 17.6 Å². The third-order valence-electron chi connectivity index (χ3n) is 2.62. The smallest absolute Gasteiger partial charge is 0.137 e. The van der Waals surface area contributed by atoms with Gasteiger partial charge in [0.05, 0.1) is 24.1 Å². The summed E-state index contributed by atoms with van der Waals surface area (Å²) in [5.41, 5.74) is 0.710. The average Bonchev–Trinajstić information content (AvgIpc) is 2.86. The Morgan fingerprint density at radius 3 is 2.50 bits per heavy atom. The van der Waals surface area contributed by atoms with Gasteiger partial charge in [0, 0.05) is 0 Å². The molecule has 0 aliphatic carbocycles. The molecule has 0 bridgehead atoms. The molecule has 0 aliphatic rings. The second-order valence-corrected chi connectivity index (χ2v) is 5.00. The van der Waals surface area contributed by atoms with Crippen LogP contribution in [0.2, 0.25) is 5.02 Å². The van der Waals surface area contributed by atoms with Gasteiger partial charge in [-0.2, -0.15) is 0 Å². The maximum Gasteiger partial charge on any atom is 0.137 e. The van der Waals surface area contributed by atoms with E-state index in [1.54, 1.807) is 32.4 Å². The minimum Gasteiger partial charge on any atom is -0.495 e. The lowest BCUT2D eigenvalue weighted by atomic mass is 10.1. The molecule has 2 rings (SSSR count). The van der Waals surface area contributed by atoms with Crippen molar-refractivity contribution in [2.75, 3.05) is 14.2 Å². The molecule has 0 fully saturated rings. The molecule has 1 aromatic carbocycles. The van der Waals surface area contributed by atoms with Gasteiger partial charge in [0.25, 0.3) is 0 Å². The number of hydrogen-bond donors (Lipinski definition) is 1. The summed E-state index contributed by atoms with van der Waals surface area (Å²) in [7, 11) is 3.14. The van der Waals surface area contributed by atoms with E-state index in [0.717, 1.165) is 4.88 Å². The average molecular weight is 285 g/mol. The summed E-state index contributed by atoms with van der Waals surface area (Å²) >= 11 is 7.49. The van der Waals surface area contributed by atoms with Crippen LogP contribution in [0.25, 0.3) is 0 Å². The van der Waals surface area contributed by atoms with Crippen molar-refractivity contribution in [2.45, 2.75) is 6.10 Å². The Bertz CT molecular complexity index is 539. The van der Waals surface area contributed by atoms with E-state index < -0.39 is 6.10 Å². The number of thiophene rings is 1.